The van der Waals surface area contributed by atoms with Crippen molar-refractivity contribution in [3.05, 3.63) is 44.4 Å². The lowest BCUT2D eigenvalue weighted by molar-refractivity contribution is -0.117. The van der Waals surface area contributed by atoms with Gasteiger partial charge in [0.05, 0.1) is 5.69 Å². The number of benzene rings is 1. The molecule has 2 amide bonds. The molecule has 0 radical (unpaired) electrons. The standard InChI is InChI=1S/C28H36Cl2N4O3S/c1-33(19-13-14-34(16-19)17-20-21(29)9-5-10-22(20)30)28(36)37-23-11-6-12-24-26(23)32-27(38-24)31-25(35)15-18-7-3-2-4-8-18/h5,9-10,18-19,23H,2-4,6-8,11-17H2,1H3,(H,31,32,35). The Morgan fingerprint density at radius 3 is 2.66 bits per heavy atom. The normalized spacial score (nSPS) is 22.2. The van der Waals surface area contributed by atoms with Crippen LogP contribution in [0.5, 0.6) is 0 Å². The molecule has 2 fully saturated rings. The van der Waals surface area contributed by atoms with Gasteiger partial charge in [-0.25, -0.2) is 9.78 Å². The molecule has 1 aliphatic heterocycles. The molecular formula is C28H36Cl2N4O3S. The number of halogens is 2. The molecule has 2 aromatic rings. The van der Waals surface area contributed by atoms with E-state index in [2.05, 4.69) is 10.2 Å². The van der Waals surface area contributed by atoms with E-state index in [0.717, 1.165) is 67.7 Å². The summed E-state index contributed by atoms with van der Waals surface area (Å²) in [4.78, 5) is 35.5. The van der Waals surface area contributed by atoms with Crippen molar-refractivity contribution >= 4 is 51.7 Å². The van der Waals surface area contributed by atoms with Crippen molar-refractivity contribution in [3.8, 4) is 0 Å². The van der Waals surface area contributed by atoms with Crippen LogP contribution in [0, 0.1) is 5.92 Å². The second-order valence-corrected chi connectivity index (χ2v) is 12.7. The predicted molar refractivity (Wildman–Crippen MR) is 152 cm³/mol. The lowest BCUT2D eigenvalue weighted by Crippen LogP contribution is -2.40. The Hall–Kier alpha value is -1.87. The lowest BCUT2D eigenvalue weighted by Gasteiger charge is -2.28. The number of nitrogens with one attached hydrogen (secondary N) is 1. The summed E-state index contributed by atoms with van der Waals surface area (Å²) in [5.41, 5.74) is 1.72. The van der Waals surface area contributed by atoms with Crippen molar-refractivity contribution in [3.63, 3.8) is 0 Å². The van der Waals surface area contributed by atoms with Gasteiger partial charge in [-0.2, -0.15) is 0 Å². The summed E-state index contributed by atoms with van der Waals surface area (Å²) < 4.78 is 5.98. The van der Waals surface area contributed by atoms with Crippen LogP contribution in [0.2, 0.25) is 10.0 Å². The fourth-order valence-corrected chi connectivity index (χ4v) is 7.49. The fourth-order valence-electron chi connectivity index (χ4n) is 5.90. The molecule has 2 atom stereocenters. The maximum absolute atomic E-state index is 13.1. The molecule has 2 unspecified atom stereocenters. The highest BCUT2D eigenvalue weighted by molar-refractivity contribution is 7.15. The van der Waals surface area contributed by atoms with E-state index in [1.807, 2.05) is 18.2 Å². The maximum Gasteiger partial charge on any atom is 0.410 e. The Morgan fingerprint density at radius 1 is 1.13 bits per heavy atom. The Balaban J connectivity index is 1.15. The first kappa shape index (κ1) is 27.7. The molecule has 1 aromatic carbocycles. The van der Waals surface area contributed by atoms with Crippen LogP contribution >= 0.6 is 34.5 Å². The quantitative estimate of drug-likeness (QED) is 0.380. The highest BCUT2D eigenvalue weighted by Crippen LogP contribution is 2.38. The Kier molecular flexibility index (Phi) is 9.14. The van der Waals surface area contributed by atoms with Crippen molar-refractivity contribution < 1.29 is 14.3 Å². The van der Waals surface area contributed by atoms with E-state index in [-0.39, 0.29) is 24.1 Å². The van der Waals surface area contributed by atoms with Gasteiger partial charge >= 0.3 is 6.09 Å². The number of nitrogens with zero attached hydrogens (tertiary/aromatic N) is 3. The number of carbonyl (C=O) groups excluding carboxylic acids is 2. The smallest absolute Gasteiger partial charge is 0.410 e. The van der Waals surface area contributed by atoms with Gasteiger partial charge in [0.1, 0.15) is 6.10 Å². The SMILES string of the molecule is CN(C(=O)OC1CCCc2sc(NC(=O)CC3CCCCC3)nc21)C1CCN(Cc2c(Cl)cccc2Cl)C1. The van der Waals surface area contributed by atoms with Crippen LogP contribution in [-0.4, -0.2) is 53.0 Å². The summed E-state index contributed by atoms with van der Waals surface area (Å²) >= 11 is 14.2. The number of ether oxygens (including phenoxy) is 1. The molecule has 5 rings (SSSR count). The van der Waals surface area contributed by atoms with E-state index in [9.17, 15) is 9.59 Å². The average molecular weight is 580 g/mol. The van der Waals surface area contributed by atoms with Gasteiger partial charge in [-0.15, -0.1) is 11.3 Å². The van der Waals surface area contributed by atoms with E-state index in [1.54, 1.807) is 11.9 Å². The number of anilines is 1. The van der Waals surface area contributed by atoms with Gasteiger partial charge in [0.25, 0.3) is 0 Å². The van der Waals surface area contributed by atoms with Gasteiger partial charge in [-0.1, -0.05) is 48.5 Å². The number of likely N-dealkylation sites (N-methyl/N-ethyl adjacent to an activating group) is 1. The number of hydrogen-bond acceptors (Lipinski definition) is 6. The molecular weight excluding hydrogens is 543 g/mol. The topological polar surface area (TPSA) is 74.8 Å². The summed E-state index contributed by atoms with van der Waals surface area (Å²) in [6.07, 6.45) is 9.29. The summed E-state index contributed by atoms with van der Waals surface area (Å²) in [5.74, 6) is 0.524. The number of aryl methyl sites for hydroxylation is 1. The summed E-state index contributed by atoms with van der Waals surface area (Å²) in [7, 11) is 1.81. The first-order chi connectivity index (χ1) is 18.4. The van der Waals surface area contributed by atoms with Crippen LogP contribution in [-0.2, 0) is 22.5 Å². The molecule has 1 N–H and O–H groups in total. The molecule has 2 heterocycles. The zero-order chi connectivity index (χ0) is 26.6. The molecule has 1 aromatic heterocycles. The molecule has 38 heavy (non-hydrogen) atoms. The van der Waals surface area contributed by atoms with Crippen LogP contribution in [0.1, 0.15) is 80.0 Å². The minimum atomic E-state index is -0.381. The van der Waals surface area contributed by atoms with E-state index in [0.29, 0.717) is 34.1 Å². The number of likely N-dealkylation sites (tertiary alicyclic amines) is 1. The van der Waals surface area contributed by atoms with Crippen molar-refractivity contribution in [1.29, 1.82) is 0 Å². The van der Waals surface area contributed by atoms with E-state index >= 15 is 0 Å². The Bertz CT molecular complexity index is 1130. The van der Waals surface area contributed by atoms with E-state index < -0.39 is 0 Å². The second kappa shape index (κ2) is 12.5. The molecule has 1 saturated carbocycles. The maximum atomic E-state index is 13.1. The van der Waals surface area contributed by atoms with Gasteiger partial charge in [0.15, 0.2) is 5.13 Å². The first-order valence-corrected chi connectivity index (χ1v) is 15.3. The average Bonchev–Trinajstić information content (AvgIpc) is 3.53. The fraction of sp³-hybridized carbons (Fsp3) is 0.607. The zero-order valence-electron chi connectivity index (χ0n) is 21.9. The number of rotatable bonds is 7. The van der Waals surface area contributed by atoms with Crippen molar-refractivity contribution in [2.75, 3.05) is 25.5 Å². The van der Waals surface area contributed by atoms with E-state index in [1.165, 1.54) is 30.6 Å². The van der Waals surface area contributed by atoms with Crippen LogP contribution in [0.3, 0.4) is 0 Å². The van der Waals surface area contributed by atoms with Crippen molar-refractivity contribution in [2.45, 2.75) is 82.9 Å². The molecule has 10 heteroatoms. The Morgan fingerprint density at radius 2 is 1.89 bits per heavy atom. The third-order valence-electron chi connectivity index (χ3n) is 8.12. The van der Waals surface area contributed by atoms with Gasteiger partial charge in [0.2, 0.25) is 5.91 Å². The van der Waals surface area contributed by atoms with Crippen LogP contribution in [0.4, 0.5) is 9.93 Å². The summed E-state index contributed by atoms with van der Waals surface area (Å²) in [6.45, 7) is 2.24. The van der Waals surface area contributed by atoms with Gasteiger partial charge < -0.3 is 15.0 Å². The number of amides is 2. The molecule has 2 aliphatic carbocycles. The van der Waals surface area contributed by atoms with Crippen LogP contribution < -0.4 is 5.32 Å². The van der Waals surface area contributed by atoms with Gasteiger partial charge in [-0.3, -0.25) is 9.69 Å². The van der Waals surface area contributed by atoms with Gasteiger partial charge in [-0.05, 0) is 56.6 Å². The molecule has 1 saturated heterocycles. The number of carbonyl (C=O) groups is 2. The van der Waals surface area contributed by atoms with Crippen molar-refractivity contribution in [1.82, 2.24) is 14.8 Å². The number of fused-ring (bicyclic) bond motifs is 1. The summed E-state index contributed by atoms with van der Waals surface area (Å²) in [6, 6.07) is 5.60. The first-order valence-electron chi connectivity index (χ1n) is 13.8. The molecule has 0 bridgehead atoms. The summed E-state index contributed by atoms with van der Waals surface area (Å²) in [5, 5.41) is 4.96. The molecule has 3 aliphatic rings. The minimum absolute atomic E-state index is 0.0418. The Labute approximate surface area is 238 Å². The van der Waals surface area contributed by atoms with Crippen LogP contribution in [0.15, 0.2) is 18.2 Å². The number of aromatic nitrogens is 1. The lowest BCUT2D eigenvalue weighted by atomic mass is 9.87. The largest absolute Gasteiger partial charge is 0.440 e. The highest BCUT2D eigenvalue weighted by atomic mass is 35.5. The highest BCUT2D eigenvalue weighted by Gasteiger charge is 2.33. The predicted octanol–water partition coefficient (Wildman–Crippen LogP) is 7.08. The van der Waals surface area contributed by atoms with Gasteiger partial charge in [0, 0.05) is 59.6 Å². The van der Waals surface area contributed by atoms with E-state index in [4.69, 9.17) is 32.9 Å². The third kappa shape index (κ3) is 6.64. The molecule has 206 valence electrons. The zero-order valence-corrected chi connectivity index (χ0v) is 24.2. The molecule has 7 nitrogen and oxygen atoms in total. The second-order valence-electron chi connectivity index (χ2n) is 10.8. The van der Waals surface area contributed by atoms with Crippen LogP contribution in [0.25, 0.3) is 0 Å². The number of hydrogen-bond donors (Lipinski definition) is 1. The monoisotopic (exact) mass is 578 g/mol. The molecule has 0 spiro atoms. The minimum Gasteiger partial charge on any atom is -0.440 e. The number of thiazole rings is 1. The van der Waals surface area contributed by atoms with Crippen molar-refractivity contribution in [2.24, 2.45) is 5.92 Å². The third-order valence-corrected chi connectivity index (χ3v) is 9.87.